The van der Waals surface area contributed by atoms with Crippen molar-refractivity contribution in [2.75, 3.05) is 19.6 Å². The van der Waals surface area contributed by atoms with Gasteiger partial charge in [0.15, 0.2) is 0 Å². The number of carbonyl (C=O) groups is 1. The van der Waals surface area contributed by atoms with Crippen LogP contribution in [0.5, 0.6) is 0 Å². The average molecular weight is 393 g/mol. The summed E-state index contributed by atoms with van der Waals surface area (Å²) in [7, 11) is 3.48. The Bertz CT molecular complexity index is 1060. The van der Waals surface area contributed by atoms with E-state index in [4.69, 9.17) is 0 Å². The van der Waals surface area contributed by atoms with Crippen molar-refractivity contribution < 1.29 is 4.79 Å². The Hall–Kier alpha value is -2.86. The van der Waals surface area contributed by atoms with Crippen LogP contribution in [-0.4, -0.2) is 39.6 Å². The molecule has 0 spiro atoms. The number of carbonyl (C=O) groups excluding carboxylic acids is 1. The molecule has 29 heavy (non-hydrogen) atoms. The molecule has 1 aromatic heterocycles. The molecule has 0 unspecified atom stereocenters. The normalized spacial score (nSPS) is 15.7. The number of rotatable bonds is 5. The zero-order valence-corrected chi connectivity index (χ0v) is 17.1. The van der Waals surface area contributed by atoms with Crippen molar-refractivity contribution in [2.24, 2.45) is 20.0 Å². The lowest BCUT2D eigenvalue weighted by Crippen LogP contribution is -2.38. The number of hydrogen-bond acceptors (Lipinski definition) is 3. The summed E-state index contributed by atoms with van der Waals surface area (Å²) in [5, 5.41) is 3.09. The molecule has 2 aromatic carbocycles. The number of aromatic nitrogens is 2. The lowest BCUT2D eigenvalue weighted by Gasteiger charge is -2.32. The van der Waals surface area contributed by atoms with E-state index in [2.05, 4.69) is 34.5 Å². The molecule has 1 aliphatic rings. The molecule has 152 valence electrons. The molecule has 0 atom stereocenters. The molecule has 0 aliphatic carbocycles. The molecule has 0 radical (unpaired) electrons. The molecule has 6 nitrogen and oxygen atoms in total. The lowest BCUT2D eigenvalue weighted by atomic mass is 9.96. The van der Waals surface area contributed by atoms with Gasteiger partial charge in [0, 0.05) is 32.7 Å². The first-order valence-corrected chi connectivity index (χ1v) is 10.2. The Kier molecular flexibility index (Phi) is 5.53. The minimum absolute atomic E-state index is 0.0742. The first-order valence-electron chi connectivity index (χ1n) is 10.2. The molecule has 0 bridgehead atoms. The smallest absolute Gasteiger partial charge is 0.328 e. The van der Waals surface area contributed by atoms with E-state index < -0.39 is 0 Å². The molecule has 1 amide bonds. The van der Waals surface area contributed by atoms with E-state index >= 15 is 0 Å². The summed E-state index contributed by atoms with van der Waals surface area (Å²) in [5.74, 6) is 0.436. The van der Waals surface area contributed by atoms with Gasteiger partial charge >= 0.3 is 5.69 Å². The Morgan fingerprint density at radius 3 is 2.41 bits per heavy atom. The highest BCUT2D eigenvalue weighted by molar-refractivity contribution is 5.97. The van der Waals surface area contributed by atoms with Gasteiger partial charge in [0.1, 0.15) is 0 Å². The highest BCUT2D eigenvalue weighted by Gasteiger charge is 2.20. The predicted molar refractivity (Wildman–Crippen MR) is 115 cm³/mol. The van der Waals surface area contributed by atoms with Crippen LogP contribution in [0.4, 0.5) is 0 Å². The second kappa shape index (κ2) is 8.25. The molecular weight excluding hydrogens is 364 g/mol. The monoisotopic (exact) mass is 392 g/mol. The van der Waals surface area contributed by atoms with Gasteiger partial charge in [-0.2, -0.15) is 0 Å². The fourth-order valence-electron chi connectivity index (χ4n) is 4.18. The van der Waals surface area contributed by atoms with E-state index in [1.54, 1.807) is 35.4 Å². The first-order chi connectivity index (χ1) is 14.0. The Labute approximate surface area is 170 Å². The van der Waals surface area contributed by atoms with Crippen LogP contribution in [0.15, 0.2) is 53.3 Å². The van der Waals surface area contributed by atoms with Gasteiger partial charge < -0.3 is 5.32 Å². The van der Waals surface area contributed by atoms with E-state index in [1.165, 1.54) is 5.56 Å². The van der Waals surface area contributed by atoms with Crippen LogP contribution in [0.3, 0.4) is 0 Å². The fraction of sp³-hybridized carbons (Fsp3) is 0.391. The van der Waals surface area contributed by atoms with Crippen LogP contribution in [0.1, 0.15) is 28.8 Å². The summed E-state index contributed by atoms with van der Waals surface area (Å²) in [6.45, 7) is 3.82. The van der Waals surface area contributed by atoms with Gasteiger partial charge in [-0.1, -0.05) is 30.3 Å². The van der Waals surface area contributed by atoms with Crippen molar-refractivity contribution in [1.82, 2.24) is 19.4 Å². The standard InChI is InChI=1S/C23H28N4O2/c1-25-20-9-8-19(14-21(20)26(2)23(25)29)22(28)24-15-17-10-12-27(13-11-17)16-18-6-4-3-5-7-18/h3-9,14,17H,10-13,15-16H2,1-2H3,(H,24,28). The molecule has 1 saturated heterocycles. The predicted octanol–water partition coefficient (Wildman–Crippen LogP) is 2.52. The number of piperidine rings is 1. The topological polar surface area (TPSA) is 59.3 Å². The zero-order valence-electron chi connectivity index (χ0n) is 17.1. The number of fused-ring (bicyclic) bond motifs is 1. The molecular formula is C23H28N4O2. The molecule has 3 aromatic rings. The molecule has 2 heterocycles. The van der Waals surface area contributed by atoms with E-state index in [-0.39, 0.29) is 11.6 Å². The molecule has 1 N–H and O–H groups in total. The third-order valence-corrected chi connectivity index (χ3v) is 6.04. The van der Waals surface area contributed by atoms with Crippen LogP contribution < -0.4 is 11.0 Å². The molecule has 0 saturated carbocycles. The van der Waals surface area contributed by atoms with Crippen LogP contribution in [0.2, 0.25) is 0 Å². The fourth-order valence-corrected chi connectivity index (χ4v) is 4.18. The van der Waals surface area contributed by atoms with Crippen LogP contribution in [0.25, 0.3) is 11.0 Å². The SMILES string of the molecule is Cn1c(=O)n(C)c2cc(C(=O)NCC3CCN(Cc4ccccc4)CC3)ccc21. The summed E-state index contributed by atoms with van der Waals surface area (Å²) < 4.78 is 3.18. The van der Waals surface area contributed by atoms with Crippen molar-refractivity contribution in [3.63, 3.8) is 0 Å². The van der Waals surface area contributed by atoms with Crippen molar-refractivity contribution in [2.45, 2.75) is 19.4 Å². The van der Waals surface area contributed by atoms with Crippen molar-refractivity contribution in [1.29, 1.82) is 0 Å². The highest BCUT2D eigenvalue weighted by atomic mass is 16.2. The number of hydrogen-bond donors (Lipinski definition) is 1. The van der Waals surface area contributed by atoms with Crippen LogP contribution >= 0.6 is 0 Å². The number of amides is 1. The largest absolute Gasteiger partial charge is 0.352 e. The number of imidazole rings is 1. The second-order valence-corrected chi connectivity index (χ2v) is 8.02. The maximum absolute atomic E-state index is 12.6. The van der Waals surface area contributed by atoms with E-state index in [0.717, 1.165) is 43.5 Å². The van der Waals surface area contributed by atoms with Gasteiger partial charge in [-0.15, -0.1) is 0 Å². The minimum Gasteiger partial charge on any atom is -0.352 e. The maximum atomic E-state index is 12.6. The van der Waals surface area contributed by atoms with E-state index in [1.807, 2.05) is 12.1 Å². The summed E-state index contributed by atoms with van der Waals surface area (Å²) >= 11 is 0. The van der Waals surface area contributed by atoms with Crippen molar-refractivity contribution >= 4 is 16.9 Å². The van der Waals surface area contributed by atoms with Crippen molar-refractivity contribution in [3.05, 3.63) is 70.1 Å². The molecule has 1 fully saturated rings. The number of nitrogens with zero attached hydrogens (tertiary/aromatic N) is 3. The quantitative estimate of drug-likeness (QED) is 0.726. The van der Waals surface area contributed by atoms with Gasteiger partial charge in [0.05, 0.1) is 11.0 Å². The van der Waals surface area contributed by atoms with Gasteiger partial charge in [0.25, 0.3) is 5.91 Å². The maximum Gasteiger partial charge on any atom is 0.328 e. The zero-order chi connectivity index (χ0) is 20.4. The summed E-state index contributed by atoms with van der Waals surface area (Å²) in [5.41, 5.74) is 3.48. The Balaban J connectivity index is 1.31. The van der Waals surface area contributed by atoms with Gasteiger partial charge in [0.2, 0.25) is 0 Å². The van der Waals surface area contributed by atoms with Crippen LogP contribution in [0, 0.1) is 5.92 Å². The van der Waals surface area contributed by atoms with Crippen molar-refractivity contribution in [3.8, 4) is 0 Å². The molecule has 1 aliphatic heterocycles. The number of benzene rings is 2. The summed E-state index contributed by atoms with van der Waals surface area (Å²) in [4.78, 5) is 27.2. The van der Waals surface area contributed by atoms with Gasteiger partial charge in [-0.25, -0.2) is 4.79 Å². The third kappa shape index (κ3) is 4.12. The summed E-state index contributed by atoms with van der Waals surface area (Å²) in [6, 6.07) is 16.0. The number of aryl methyl sites for hydroxylation is 2. The third-order valence-electron chi connectivity index (χ3n) is 6.04. The van der Waals surface area contributed by atoms with Crippen LogP contribution in [-0.2, 0) is 20.6 Å². The van der Waals surface area contributed by atoms with E-state index in [0.29, 0.717) is 18.0 Å². The summed E-state index contributed by atoms with van der Waals surface area (Å²) in [6.07, 6.45) is 2.19. The number of likely N-dealkylation sites (tertiary alicyclic amines) is 1. The van der Waals surface area contributed by atoms with Gasteiger partial charge in [-0.3, -0.25) is 18.8 Å². The molecule has 4 rings (SSSR count). The molecule has 6 heteroatoms. The van der Waals surface area contributed by atoms with E-state index in [9.17, 15) is 9.59 Å². The number of nitrogens with one attached hydrogen (secondary N) is 1. The lowest BCUT2D eigenvalue weighted by molar-refractivity contribution is 0.0935. The average Bonchev–Trinajstić information content (AvgIpc) is 2.97. The Morgan fingerprint density at radius 2 is 1.69 bits per heavy atom. The minimum atomic E-state index is -0.0835. The van der Waals surface area contributed by atoms with Gasteiger partial charge in [-0.05, 0) is 55.6 Å². The Morgan fingerprint density at radius 1 is 1.00 bits per heavy atom. The first kappa shape index (κ1) is 19.5. The second-order valence-electron chi connectivity index (χ2n) is 8.02. The highest BCUT2D eigenvalue weighted by Crippen LogP contribution is 2.19.